The van der Waals surface area contributed by atoms with E-state index in [-0.39, 0.29) is 0 Å². The van der Waals surface area contributed by atoms with Crippen LogP contribution in [0.15, 0.2) is 0 Å². The van der Waals surface area contributed by atoms with Crippen LogP contribution >= 0.6 is 0 Å². The van der Waals surface area contributed by atoms with E-state index in [9.17, 15) is 38.0 Å². The summed E-state index contributed by atoms with van der Waals surface area (Å²) in [5, 5.41) is 0. The van der Waals surface area contributed by atoms with Crippen LogP contribution in [0, 0.1) is 0 Å². The van der Waals surface area contributed by atoms with Gasteiger partial charge in [0, 0.05) is 7.11 Å². The first-order valence-electron chi connectivity index (χ1n) is 9.17. The fourth-order valence-corrected chi connectivity index (χ4v) is 138. The van der Waals surface area contributed by atoms with Crippen molar-refractivity contribution in [3.8, 4) is 0 Å². The molecular weight excluding hydrogens is 717 g/mol. The third-order valence-electron chi connectivity index (χ3n) is 5.13. The average Bonchev–Trinajstić information content (AvgIpc) is 2.83. The molecule has 0 aromatic rings. The fourth-order valence-electron chi connectivity index (χ4n) is 2.71. The van der Waals surface area contributed by atoms with Crippen molar-refractivity contribution < 1.29 is 63.0 Å². The Kier molecular flexibility index (Phi) is 16.6. The standard InChI is InChI=1S/C6H25O14Si15/c1-15-31(5,6)35(28-13,18-23-8)33(19-30(3,4)29(2)14,20-32(16-21,24-9)25-10)34(26-11,27-12)17-22-7/h7-13H,1-6H3. The second-order valence-corrected chi connectivity index (χ2v) is 71.2. The third kappa shape index (κ3) is 7.44. The molecule has 0 rings (SSSR count). The molecular formula is C6H25O14Si15. The molecule has 0 aliphatic carbocycles. The van der Waals surface area contributed by atoms with Crippen LogP contribution in [0.1, 0.15) is 0 Å². The summed E-state index contributed by atoms with van der Waals surface area (Å²) in [5.74, 6) is 0. The molecule has 0 saturated heterocycles. The van der Waals surface area contributed by atoms with Gasteiger partial charge in [-0.1, -0.05) is 0 Å². The zero-order valence-electron chi connectivity index (χ0n) is 19.5. The molecule has 0 amide bonds. The highest BCUT2D eigenvalue weighted by molar-refractivity contribution is 7.99. The van der Waals surface area contributed by atoms with E-state index < -0.39 is 119 Å². The van der Waals surface area contributed by atoms with Gasteiger partial charge in [-0.25, -0.2) is 0 Å². The Morgan fingerprint density at radius 2 is 1.26 bits per heavy atom. The van der Waals surface area contributed by atoms with Crippen molar-refractivity contribution in [2.45, 2.75) is 32.7 Å². The highest BCUT2D eigenvalue weighted by atomic mass is 30.2. The molecule has 193 valence electrons. The van der Waals surface area contributed by atoms with Gasteiger partial charge in [0.1, 0.15) is 0 Å². The van der Waals surface area contributed by atoms with Gasteiger partial charge in [-0.3, -0.25) is 0 Å². The molecule has 0 fully saturated rings. The second-order valence-electron chi connectivity index (χ2n) is 7.63. The van der Waals surface area contributed by atoms with Crippen LogP contribution in [-0.4, -0.2) is 170 Å². The Morgan fingerprint density at radius 3 is 1.54 bits per heavy atom. The van der Waals surface area contributed by atoms with Gasteiger partial charge >= 0.3 is 35.2 Å². The molecule has 2 unspecified atom stereocenters. The van der Waals surface area contributed by atoms with Crippen LogP contribution in [0.4, 0.5) is 0 Å². The van der Waals surface area contributed by atoms with E-state index in [0.717, 1.165) is 0 Å². The van der Waals surface area contributed by atoms with E-state index in [4.69, 9.17) is 25.0 Å². The minimum Gasteiger partial charge on any atom is -0.439 e. The number of hydrogen-bond acceptors (Lipinski definition) is 14. The van der Waals surface area contributed by atoms with Gasteiger partial charge in [-0.15, -0.1) is 0 Å². The van der Waals surface area contributed by atoms with Gasteiger partial charge in [-0.2, -0.15) is 0 Å². The summed E-state index contributed by atoms with van der Waals surface area (Å²) in [6.45, 7) is -0.423. The van der Waals surface area contributed by atoms with Crippen molar-refractivity contribution in [3.63, 3.8) is 0 Å². The van der Waals surface area contributed by atoms with Crippen LogP contribution in [0.2, 0.25) is 32.7 Å². The second kappa shape index (κ2) is 15.5. The predicted molar refractivity (Wildman–Crippen MR) is 144 cm³/mol. The van der Waals surface area contributed by atoms with Crippen LogP contribution in [-0.2, 0) is 29.5 Å². The molecule has 0 aromatic heterocycles. The number of hydrogen-bond donors (Lipinski definition) is 7. The summed E-state index contributed by atoms with van der Waals surface area (Å²) in [6.07, 6.45) is 0. The molecule has 17 radical (unpaired) electrons. The van der Waals surface area contributed by atoms with Crippen molar-refractivity contribution in [3.05, 3.63) is 0 Å². The largest absolute Gasteiger partial charge is 0.439 e. The van der Waals surface area contributed by atoms with Crippen molar-refractivity contribution in [2.75, 3.05) is 7.11 Å². The Labute approximate surface area is 231 Å². The highest BCUT2D eigenvalue weighted by Gasteiger charge is 2.83. The lowest BCUT2D eigenvalue weighted by Crippen LogP contribution is -2.97. The first-order valence-corrected chi connectivity index (χ1v) is 40.2. The first-order chi connectivity index (χ1) is 16.2. The monoisotopic (exact) mass is 741 g/mol. The summed E-state index contributed by atoms with van der Waals surface area (Å²) in [6, 6.07) is 0. The molecule has 0 spiro atoms. The van der Waals surface area contributed by atoms with Gasteiger partial charge < -0.3 is 63.0 Å². The predicted octanol–water partition coefficient (Wildman–Crippen LogP) is -7.06. The van der Waals surface area contributed by atoms with E-state index >= 15 is 0 Å². The van der Waals surface area contributed by atoms with Crippen molar-refractivity contribution >= 4 is 130 Å². The van der Waals surface area contributed by atoms with Gasteiger partial charge in [-0.05, 0) is 32.7 Å². The molecule has 14 nitrogen and oxygen atoms in total. The molecule has 2 atom stereocenters. The van der Waals surface area contributed by atoms with E-state index in [1.54, 1.807) is 26.2 Å². The van der Waals surface area contributed by atoms with Crippen molar-refractivity contribution in [1.29, 1.82) is 0 Å². The molecule has 0 aromatic carbocycles. The Balaban J connectivity index is 8.19. The van der Waals surface area contributed by atoms with Crippen molar-refractivity contribution in [1.82, 2.24) is 0 Å². The maximum atomic E-state index is 12.9. The van der Waals surface area contributed by atoms with E-state index in [2.05, 4.69) is 10.5 Å². The minimum atomic E-state index is -4.71. The lowest BCUT2D eigenvalue weighted by Gasteiger charge is -2.57. The fraction of sp³-hybridized carbons (Fsp3) is 1.00. The quantitative estimate of drug-likeness (QED) is 0.0614. The van der Waals surface area contributed by atoms with E-state index in [0.29, 0.717) is 0 Å². The van der Waals surface area contributed by atoms with Gasteiger partial charge in [0.05, 0.1) is 0 Å². The maximum Gasteiger partial charge on any atom is 0.418 e. The van der Waals surface area contributed by atoms with Crippen LogP contribution in [0.3, 0.4) is 0 Å². The third-order valence-corrected chi connectivity index (χ3v) is 104. The summed E-state index contributed by atoms with van der Waals surface area (Å²) in [4.78, 5) is 72.8. The molecule has 7 N–H and O–H groups in total. The van der Waals surface area contributed by atoms with E-state index in [1.807, 2.05) is 0 Å². The molecule has 0 aliphatic rings. The van der Waals surface area contributed by atoms with Gasteiger partial charge in [0.25, 0.3) is 40.5 Å². The molecule has 29 heteroatoms. The van der Waals surface area contributed by atoms with E-state index in [1.165, 1.54) is 13.7 Å². The first kappa shape index (κ1) is 37.5. The summed E-state index contributed by atoms with van der Waals surface area (Å²) in [7, 11) is -21.8. The SMILES string of the molecule is CO[Si](C)(C)[Si](O[Si]O)([Si]O)[Si](O[Si](O[Si])([Si]O)[Si]O)(O[Si](C)(C)[Si](C)=O)[Si](O[Si]O)([Si]O)[Si]O. The van der Waals surface area contributed by atoms with Crippen LogP contribution < -0.4 is 0 Å². The number of rotatable bonds is 19. The summed E-state index contributed by atoms with van der Waals surface area (Å²) >= 11 is 0. The van der Waals surface area contributed by atoms with Crippen LogP contribution in [0.5, 0.6) is 0 Å². The average molecular weight is 743 g/mol. The molecule has 0 aliphatic heterocycles. The Hall–Kier alpha value is 2.53. The molecule has 35 heavy (non-hydrogen) atoms. The topological polar surface area (TPSA) is 214 Å². The van der Waals surface area contributed by atoms with Crippen LogP contribution in [0.25, 0.3) is 0 Å². The zero-order valence-corrected chi connectivity index (χ0v) is 34.5. The van der Waals surface area contributed by atoms with Gasteiger partial charge in [0.2, 0.25) is 54.0 Å². The summed E-state index contributed by atoms with van der Waals surface area (Å²) < 4.78 is 49.0. The zero-order chi connectivity index (χ0) is 27.8. The lowest BCUT2D eigenvalue weighted by atomic mass is 11.8. The maximum absolute atomic E-state index is 12.9. The van der Waals surface area contributed by atoms with Gasteiger partial charge in [0.15, 0.2) is 0 Å². The molecule has 0 saturated carbocycles. The lowest BCUT2D eigenvalue weighted by molar-refractivity contribution is 0.351. The normalized spacial score (nSPS) is 17.2. The minimum absolute atomic E-state index is 1.11. The molecule has 0 heterocycles. The summed E-state index contributed by atoms with van der Waals surface area (Å²) in [5.41, 5.74) is 0. The van der Waals surface area contributed by atoms with Crippen molar-refractivity contribution in [2.24, 2.45) is 0 Å². The Bertz CT molecular complexity index is 656. The Morgan fingerprint density at radius 1 is 0.771 bits per heavy atom. The smallest absolute Gasteiger partial charge is 0.418 e. The highest BCUT2D eigenvalue weighted by Crippen LogP contribution is 2.40. The molecule has 0 bridgehead atoms.